The highest BCUT2D eigenvalue weighted by Gasteiger charge is 2.33. The van der Waals surface area contributed by atoms with E-state index in [-0.39, 0.29) is 12.4 Å². The Morgan fingerprint density at radius 3 is 2.65 bits per heavy atom. The Bertz CT molecular complexity index is 797. The number of thiophene rings is 1. The molecule has 2 aliphatic rings. The van der Waals surface area contributed by atoms with E-state index in [0.717, 1.165) is 43.7 Å². The lowest BCUT2D eigenvalue weighted by molar-refractivity contribution is 0.217. The summed E-state index contributed by atoms with van der Waals surface area (Å²) >= 11 is 1.90. The molecule has 0 saturated carbocycles. The van der Waals surface area contributed by atoms with Gasteiger partial charge in [0.2, 0.25) is 5.95 Å². The molecule has 1 unspecified atom stereocenters. The monoisotopic (exact) mass is 395 g/mol. The third-order valence-corrected chi connectivity index (χ3v) is 7.28. The van der Waals surface area contributed by atoms with Crippen LogP contribution in [0, 0.1) is 11.3 Å². The van der Waals surface area contributed by atoms with Crippen molar-refractivity contribution in [2.45, 2.75) is 52.5 Å². The van der Waals surface area contributed by atoms with Gasteiger partial charge in [0.25, 0.3) is 0 Å². The van der Waals surface area contributed by atoms with E-state index in [2.05, 4.69) is 41.0 Å². The molecule has 1 aliphatic carbocycles. The van der Waals surface area contributed by atoms with Crippen LogP contribution >= 0.6 is 23.7 Å². The third-order valence-electron chi connectivity index (χ3n) is 6.00. The SMILES string of the molecule is CN[C@@H]1CCN(c2nc(N)nc3c4c(sc23)CCC(C(C)(C)C)C4)C1.Cl. The standard InChI is InChI=1S/C19H29N5S.ClH/c1-19(2,3)11-5-6-14-13(9-11)15-16(25-14)17(23-18(20)22-15)24-8-7-12(10-24)21-4;/h11-12,21H,5-10H2,1-4H3,(H2,20,22,23);1H/t11?,12-;/m1./s1. The highest BCUT2D eigenvalue weighted by Crippen LogP contribution is 2.45. The van der Waals surface area contributed by atoms with Gasteiger partial charge in [-0.05, 0) is 49.6 Å². The first-order valence-electron chi connectivity index (χ1n) is 9.36. The number of aromatic nitrogens is 2. The summed E-state index contributed by atoms with van der Waals surface area (Å²) in [6.45, 7) is 9.09. The zero-order valence-electron chi connectivity index (χ0n) is 16.1. The number of nitrogens with zero attached hydrogens (tertiary/aromatic N) is 3. The van der Waals surface area contributed by atoms with Crippen molar-refractivity contribution in [3.63, 3.8) is 0 Å². The van der Waals surface area contributed by atoms with Gasteiger partial charge in [-0.25, -0.2) is 4.98 Å². The summed E-state index contributed by atoms with van der Waals surface area (Å²) in [6.07, 6.45) is 4.71. The Labute approximate surface area is 166 Å². The fourth-order valence-electron chi connectivity index (χ4n) is 4.28. The second-order valence-electron chi connectivity index (χ2n) is 8.61. The number of hydrogen-bond donors (Lipinski definition) is 2. The molecule has 0 radical (unpaired) electrons. The fraction of sp³-hybridized carbons (Fsp3) is 0.684. The maximum Gasteiger partial charge on any atom is 0.222 e. The molecule has 2 aromatic heterocycles. The summed E-state index contributed by atoms with van der Waals surface area (Å²) in [6, 6.07) is 0.533. The molecule has 3 N–H and O–H groups in total. The summed E-state index contributed by atoms with van der Waals surface area (Å²) < 4.78 is 1.24. The molecule has 0 aromatic carbocycles. The van der Waals surface area contributed by atoms with Gasteiger partial charge in [0.1, 0.15) is 0 Å². The van der Waals surface area contributed by atoms with E-state index in [1.165, 1.54) is 21.6 Å². The van der Waals surface area contributed by atoms with Crippen molar-refractivity contribution in [1.82, 2.24) is 15.3 Å². The molecule has 2 aromatic rings. The van der Waals surface area contributed by atoms with E-state index in [1.54, 1.807) is 0 Å². The second kappa shape index (κ2) is 7.13. The van der Waals surface area contributed by atoms with E-state index in [0.29, 0.717) is 23.3 Å². The minimum absolute atomic E-state index is 0. The molecule has 1 aliphatic heterocycles. The summed E-state index contributed by atoms with van der Waals surface area (Å²) in [5.74, 6) is 2.17. The Balaban J connectivity index is 0.00000196. The molecule has 7 heteroatoms. The predicted octanol–water partition coefficient (Wildman–Crippen LogP) is 3.64. The van der Waals surface area contributed by atoms with Crippen LogP contribution in [0.15, 0.2) is 0 Å². The van der Waals surface area contributed by atoms with Gasteiger partial charge in [-0.1, -0.05) is 20.8 Å². The van der Waals surface area contributed by atoms with Crippen molar-refractivity contribution in [1.29, 1.82) is 0 Å². The number of anilines is 2. The quantitative estimate of drug-likeness (QED) is 0.812. The van der Waals surface area contributed by atoms with Crippen molar-refractivity contribution in [3.8, 4) is 0 Å². The lowest BCUT2D eigenvalue weighted by atomic mass is 9.72. The van der Waals surface area contributed by atoms with Gasteiger partial charge in [-0.3, -0.25) is 0 Å². The van der Waals surface area contributed by atoms with Gasteiger partial charge in [-0.2, -0.15) is 4.98 Å². The lowest BCUT2D eigenvalue weighted by Gasteiger charge is -2.33. The Hall–Kier alpha value is -1.11. The topological polar surface area (TPSA) is 67.1 Å². The average Bonchev–Trinajstić information content (AvgIpc) is 3.17. The van der Waals surface area contributed by atoms with Crippen LogP contribution in [-0.2, 0) is 12.8 Å². The van der Waals surface area contributed by atoms with E-state index in [1.807, 2.05) is 18.4 Å². The largest absolute Gasteiger partial charge is 0.368 e. The predicted molar refractivity (Wildman–Crippen MR) is 114 cm³/mol. The van der Waals surface area contributed by atoms with E-state index in [4.69, 9.17) is 5.73 Å². The minimum Gasteiger partial charge on any atom is -0.368 e. The van der Waals surface area contributed by atoms with Crippen LogP contribution in [-0.4, -0.2) is 36.1 Å². The number of nitrogens with one attached hydrogen (secondary N) is 1. The molecule has 0 bridgehead atoms. The van der Waals surface area contributed by atoms with Gasteiger partial charge >= 0.3 is 0 Å². The first-order valence-corrected chi connectivity index (χ1v) is 10.2. The molecule has 1 saturated heterocycles. The summed E-state index contributed by atoms with van der Waals surface area (Å²) in [5.41, 5.74) is 9.00. The smallest absolute Gasteiger partial charge is 0.222 e. The number of nitrogens with two attached hydrogens (primary N) is 1. The summed E-state index contributed by atoms with van der Waals surface area (Å²) in [4.78, 5) is 13.2. The van der Waals surface area contributed by atoms with Gasteiger partial charge < -0.3 is 16.0 Å². The lowest BCUT2D eigenvalue weighted by Crippen LogP contribution is -2.30. The Kier molecular flexibility index (Phi) is 5.39. The van der Waals surface area contributed by atoms with Crippen molar-refractivity contribution in [3.05, 3.63) is 10.4 Å². The maximum absolute atomic E-state index is 6.11. The number of rotatable bonds is 2. The van der Waals surface area contributed by atoms with Crippen LogP contribution in [0.4, 0.5) is 11.8 Å². The highest BCUT2D eigenvalue weighted by atomic mass is 35.5. The van der Waals surface area contributed by atoms with Crippen molar-refractivity contribution < 1.29 is 0 Å². The van der Waals surface area contributed by atoms with Gasteiger partial charge in [0.15, 0.2) is 5.82 Å². The van der Waals surface area contributed by atoms with Crippen LogP contribution < -0.4 is 16.0 Å². The number of aryl methyl sites for hydroxylation is 1. The Morgan fingerprint density at radius 1 is 1.23 bits per heavy atom. The van der Waals surface area contributed by atoms with Crippen LogP contribution in [0.3, 0.4) is 0 Å². The average molecular weight is 396 g/mol. The number of nitrogen functional groups attached to an aromatic ring is 1. The third kappa shape index (κ3) is 3.39. The number of halogens is 1. The van der Waals surface area contributed by atoms with Crippen LogP contribution in [0.5, 0.6) is 0 Å². The first kappa shape index (κ1) is 19.6. The van der Waals surface area contributed by atoms with E-state index < -0.39 is 0 Å². The number of fused-ring (bicyclic) bond motifs is 3. The van der Waals surface area contributed by atoms with E-state index in [9.17, 15) is 0 Å². The molecular weight excluding hydrogens is 366 g/mol. The minimum atomic E-state index is 0. The molecule has 26 heavy (non-hydrogen) atoms. The number of likely N-dealkylation sites (N-methyl/N-ethyl adjacent to an activating group) is 1. The molecule has 0 amide bonds. The molecule has 0 spiro atoms. The molecule has 1 fully saturated rings. The summed E-state index contributed by atoms with van der Waals surface area (Å²) in [7, 11) is 2.04. The van der Waals surface area contributed by atoms with Gasteiger partial charge in [0, 0.05) is 24.0 Å². The molecule has 3 heterocycles. The molecule has 144 valence electrons. The number of hydrogen-bond acceptors (Lipinski definition) is 6. The summed E-state index contributed by atoms with van der Waals surface area (Å²) in [5, 5.41) is 3.38. The van der Waals surface area contributed by atoms with Crippen LogP contribution in [0.1, 0.15) is 44.1 Å². The van der Waals surface area contributed by atoms with Gasteiger partial charge in [-0.15, -0.1) is 23.7 Å². The zero-order chi connectivity index (χ0) is 17.8. The molecule has 5 nitrogen and oxygen atoms in total. The second-order valence-corrected chi connectivity index (χ2v) is 9.72. The maximum atomic E-state index is 6.11. The normalized spacial score (nSPS) is 23.2. The highest BCUT2D eigenvalue weighted by molar-refractivity contribution is 7.19. The van der Waals surface area contributed by atoms with E-state index >= 15 is 0 Å². The van der Waals surface area contributed by atoms with Gasteiger partial charge in [0.05, 0.1) is 10.2 Å². The van der Waals surface area contributed by atoms with Crippen LogP contribution in [0.25, 0.3) is 10.2 Å². The fourth-order valence-corrected chi connectivity index (χ4v) is 5.58. The first-order chi connectivity index (χ1) is 11.9. The Morgan fingerprint density at radius 2 is 2.00 bits per heavy atom. The molecule has 4 rings (SSSR count). The van der Waals surface area contributed by atoms with Crippen LogP contribution in [0.2, 0.25) is 0 Å². The molecule has 2 atom stereocenters. The zero-order valence-corrected chi connectivity index (χ0v) is 17.8. The van der Waals surface area contributed by atoms with Crippen molar-refractivity contribution in [2.24, 2.45) is 11.3 Å². The molecular formula is C19H30ClN5S. The van der Waals surface area contributed by atoms with Crippen molar-refractivity contribution in [2.75, 3.05) is 30.8 Å². The van der Waals surface area contributed by atoms with Crippen molar-refractivity contribution >= 4 is 45.7 Å².